The highest BCUT2D eigenvalue weighted by Gasteiger charge is 2.37. The maximum Gasteiger partial charge on any atom is 0.323 e. The maximum absolute atomic E-state index is 11.7. The van der Waals surface area contributed by atoms with Crippen LogP contribution < -0.4 is 0 Å². The predicted octanol–water partition coefficient (Wildman–Crippen LogP) is 2.58. The molecule has 0 aromatic heterocycles. The van der Waals surface area contributed by atoms with E-state index in [1.165, 1.54) is 6.92 Å². The van der Waals surface area contributed by atoms with Crippen molar-refractivity contribution in [2.45, 2.75) is 40.4 Å². The lowest BCUT2D eigenvalue weighted by molar-refractivity contribution is -0.155. The van der Waals surface area contributed by atoms with Crippen molar-refractivity contribution in [3.8, 4) is 0 Å². The van der Waals surface area contributed by atoms with Crippen molar-refractivity contribution in [1.82, 2.24) is 0 Å². The van der Waals surface area contributed by atoms with Crippen LogP contribution in [0.1, 0.15) is 20.8 Å². The number of esters is 1. The summed E-state index contributed by atoms with van der Waals surface area (Å²) in [4.78, 5) is 23.3. The molecule has 0 spiro atoms. The fraction of sp³-hybridized carbons (Fsp3) is 0.667. The molecule has 3 nitrogen and oxygen atoms in total. The average molecular weight is 242 g/mol. The Morgan fingerprint density at radius 1 is 1.31 bits per heavy atom. The van der Waals surface area contributed by atoms with E-state index in [-0.39, 0.29) is 5.78 Å². The zero-order chi connectivity index (χ0) is 13.0. The van der Waals surface area contributed by atoms with Crippen LogP contribution >= 0.6 is 0 Å². The average Bonchev–Trinajstić information content (AvgIpc) is 2.13. The molecule has 16 heavy (non-hydrogen) atoms. The van der Waals surface area contributed by atoms with Crippen LogP contribution in [0.15, 0.2) is 11.8 Å². The number of carbonyl (C=O) groups is 2. The van der Waals surface area contributed by atoms with Gasteiger partial charge in [-0.2, -0.15) is 0 Å². The third kappa shape index (κ3) is 4.31. The van der Waals surface area contributed by atoms with E-state index in [1.54, 1.807) is 19.9 Å². The minimum atomic E-state index is -1.42. The zero-order valence-corrected chi connectivity index (χ0v) is 12.1. The van der Waals surface area contributed by atoms with Crippen molar-refractivity contribution in [2.24, 2.45) is 5.41 Å². The third-order valence-corrected chi connectivity index (χ3v) is 3.51. The van der Waals surface area contributed by atoms with Crippen molar-refractivity contribution < 1.29 is 14.3 Å². The fourth-order valence-corrected chi connectivity index (χ4v) is 1.86. The van der Waals surface area contributed by atoms with Gasteiger partial charge in [0.25, 0.3) is 0 Å². The quantitative estimate of drug-likeness (QED) is 0.423. The van der Waals surface area contributed by atoms with Crippen LogP contribution in [0.4, 0.5) is 0 Å². The Balaban J connectivity index is 5.06. The van der Waals surface area contributed by atoms with Gasteiger partial charge in [-0.05, 0) is 20.8 Å². The molecule has 4 heteroatoms. The number of rotatable bonds is 5. The summed E-state index contributed by atoms with van der Waals surface area (Å²) in [6.45, 7) is 11.5. The largest absolute Gasteiger partial charge is 0.465 e. The molecule has 0 N–H and O–H groups in total. The Morgan fingerprint density at radius 2 is 1.81 bits per heavy atom. The van der Waals surface area contributed by atoms with Crippen molar-refractivity contribution in [2.75, 3.05) is 6.61 Å². The first-order valence-corrected chi connectivity index (χ1v) is 9.10. The molecule has 1 atom stereocenters. The molecule has 0 radical (unpaired) electrons. The van der Waals surface area contributed by atoms with Gasteiger partial charge in [0.1, 0.15) is 5.41 Å². The second-order valence-corrected chi connectivity index (χ2v) is 10.2. The molecule has 0 aliphatic rings. The van der Waals surface area contributed by atoms with Crippen molar-refractivity contribution in [3.63, 3.8) is 0 Å². The maximum atomic E-state index is 11.7. The molecule has 92 valence electrons. The molecule has 0 bridgehead atoms. The van der Waals surface area contributed by atoms with Gasteiger partial charge in [-0.3, -0.25) is 9.59 Å². The Labute approximate surface area is 98.9 Å². The topological polar surface area (TPSA) is 43.4 Å². The number of carbonyl (C=O) groups excluding carboxylic acids is 2. The summed E-state index contributed by atoms with van der Waals surface area (Å²) in [5.41, 5.74) is 0.877. The van der Waals surface area contributed by atoms with Gasteiger partial charge >= 0.3 is 5.97 Å². The highest BCUT2D eigenvalue weighted by Crippen LogP contribution is 2.23. The van der Waals surface area contributed by atoms with Crippen molar-refractivity contribution >= 4 is 19.8 Å². The summed E-state index contributed by atoms with van der Waals surface area (Å²) in [7, 11) is -1.42. The fourth-order valence-electron chi connectivity index (χ4n) is 1.03. The lowest BCUT2D eigenvalue weighted by Crippen LogP contribution is -2.35. The van der Waals surface area contributed by atoms with E-state index in [0.717, 1.165) is 0 Å². The molecule has 0 saturated carbocycles. The summed E-state index contributed by atoms with van der Waals surface area (Å²) < 4.78 is 4.94. The van der Waals surface area contributed by atoms with Crippen molar-refractivity contribution in [3.05, 3.63) is 11.8 Å². The summed E-state index contributed by atoms with van der Waals surface area (Å²) >= 11 is 0. The Hall–Kier alpha value is -0.903. The van der Waals surface area contributed by atoms with E-state index < -0.39 is 19.5 Å². The van der Waals surface area contributed by atoms with Crippen LogP contribution in [0.25, 0.3) is 0 Å². The minimum Gasteiger partial charge on any atom is -0.465 e. The number of ether oxygens (including phenoxy) is 1. The van der Waals surface area contributed by atoms with E-state index >= 15 is 0 Å². The molecule has 0 aromatic carbocycles. The van der Waals surface area contributed by atoms with E-state index in [2.05, 4.69) is 19.6 Å². The van der Waals surface area contributed by atoms with Crippen LogP contribution in [0, 0.1) is 5.41 Å². The number of hydrogen-bond donors (Lipinski definition) is 0. The molecular weight excluding hydrogens is 220 g/mol. The van der Waals surface area contributed by atoms with Gasteiger partial charge in [0.2, 0.25) is 0 Å². The predicted molar refractivity (Wildman–Crippen MR) is 67.9 cm³/mol. The number of Topliss-reactive ketones (excluding diaryl/α,β-unsaturated/α-hetero) is 1. The first-order chi connectivity index (χ1) is 7.13. The highest BCUT2D eigenvalue weighted by atomic mass is 28.3. The van der Waals surface area contributed by atoms with E-state index in [4.69, 9.17) is 4.74 Å². The molecule has 0 amide bonds. The van der Waals surface area contributed by atoms with Crippen LogP contribution in [-0.4, -0.2) is 26.4 Å². The van der Waals surface area contributed by atoms with Crippen molar-refractivity contribution in [1.29, 1.82) is 0 Å². The minimum absolute atomic E-state index is 0.180. The Bertz CT molecular complexity index is 302. The van der Waals surface area contributed by atoms with E-state index in [0.29, 0.717) is 6.61 Å². The first kappa shape index (κ1) is 15.1. The molecule has 0 saturated heterocycles. The van der Waals surface area contributed by atoms with Crippen LogP contribution in [0.3, 0.4) is 0 Å². The standard InChI is InChI=1S/C12H22O3Si/c1-7-15-11(14)12(3,10(2)13)8-9-16(4,5)6/h8-9H,7H2,1-6H3/b9-8+. The van der Waals surface area contributed by atoms with Gasteiger partial charge in [-0.25, -0.2) is 0 Å². The molecule has 0 aromatic rings. The third-order valence-electron chi connectivity index (χ3n) is 2.35. The summed E-state index contributed by atoms with van der Waals surface area (Å²) in [5, 5.41) is 0. The molecule has 0 aliphatic heterocycles. The highest BCUT2D eigenvalue weighted by molar-refractivity contribution is 6.81. The van der Waals surface area contributed by atoms with Gasteiger partial charge in [0.05, 0.1) is 14.7 Å². The molecule has 1 unspecified atom stereocenters. The first-order valence-electron chi connectivity index (χ1n) is 5.52. The van der Waals surface area contributed by atoms with Gasteiger partial charge in [0.15, 0.2) is 5.78 Å². The molecule has 0 aliphatic carbocycles. The van der Waals surface area contributed by atoms with Crippen LogP contribution in [0.5, 0.6) is 0 Å². The van der Waals surface area contributed by atoms with Gasteiger partial charge < -0.3 is 4.74 Å². The second-order valence-electron chi connectivity index (χ2n) is 5.18. The number of hydrogen-bond acceptors (Lipinski definition) is 3. The molecule has 0 rings (SSSR count). The van der Waals surface area contributed by atoms with Gasteiger partial charge in [-0.1, -0.05) is 31.4 Å². The SMILES string of the molecule is CCOC(=O)C(C)(/C=C/[Si](C)(C)C)C(C)=O. The van der Waals surface area contributed by atoms with E-state index in [9.17, 15) is 9.59 Å². The number of ketones is 1. The summed E-state index contributed by atoms with van der Waals surface area (Å²) in [6, 6.07) is 0. The van der Waals surface area contributed by atoms with E-state index in [1.807, 2.05) is 5.70 Å². The molecule has 0 fully saturated rings. The van der Waals surface area contributed by atoms with Gasteiger partial charge in [-0.15, -0.1) is 0 Å². The summed E-state index contributed by atoms with van der Waals surface area (Å²) in [6.07, 6.45) is 1.71. The monoisotopic (exact) mass is 242 g/mol. The second kappa shape index (κ2) is 5.43. The molecule has 0 heterocycles. The normalized spacial score (nSPS) is 15.9. The lowest BCUT2D eigenvalue weighted by atomic mass is 9.87. The van der Waals surface area contributed by atoms with Crippen LogP contribution in [-0.2, 0) is 14.3 Å². The Kier molecular flexibility index (Phi) is 5.13. The summed E-state index contributed by atoms with van der Waals surface area (Å²) in [5.74, 6) is -0.641. The smallest absolute Gasteiger partial charge is 0.323 e. The lowest BCUT2D eigenvalue weighted by Gasteiger charge is -2.22. The van der Waals surface area contributed by atoms with Gasteiger partial charge in [0, 0.05) is 0 Å². The van der Waals surface area contributed by atoms with Crippen LogP contribution in [0.2, 0.25) is 19.6 Å². The zero-order valence-electron chi connectivity index (χ0n) is 11.1. The Morgan fingerprint density at radius 3 is 2.12 bits per heavy atom. The molecular formula is C12H22O3Si.